The summed E-state index contributed by atoms with van der Waals surface area (Å²) in [5.74, 6) is -1.08. The summed E-state index contributed by atoms with van der Waals surface area (Å²) in [6, 6.07) is 4.27. The van der Waals surface area contributed by atoms with Crippen LogP contribution in [0.2, 0.25) is 0 Å². The van der Waals surface area contributed by atoms with E-state index >= 15 is 0 Å². The maximum Gasteiger partial charge on any atom is 0.337 e. The molecule has 6 heteroatoms. The van der Waals surface area contributed by atoms with Gasteiger partial charge in [0.2, 0.25) is 0 Å². The van der Waals surface area contributed by atoms with Gasteiger partial charge in [0.15, 0.2) is 0 Å². The maximum absolute atomic E-state index is 12.2. The topological polar surface area (TPSA) is 78.4 Å². The number of urea groups is 1. The van der Waals surface area contributed by atoms with Gasteiger partial charge in [0.1, 0.15) is 0 Å². The first-order chi connectivity index (χ1) is 9.87. The first kappa shape index (κ1) is 17.5. The number of carboxylic acid groups (broad SMARTS) is 1. The summed E-state index contributed by atoms with van der Waals surface area (Å²) in [5, 5.41) is 14.7. The second kappa shape index (κ2) is 7.45. The van der Waals surface area contributed by atoms with Crippen LogP contribution in [0.25, 0.3) is 0 Å². The van der Waals surface area contributed by atoms with Gasteiger partial charge in [0.05, 0.1) is 11.3 Å². The standard InChI is InChI=1S/C15H21BrN2O3/c1-4-15(5-2,6-3)18-14(21)17-12-9-10(16)7-8-11(12)13(19)20/h7-9H,4-6H2,1-3H3,(H,19,20)(H2,17,18,21). The molecule has 116 valence electrons. The van der Waals surface area contributed by atoms with E-state index in [-0.39, 0.29) is 22.8 Å². The molecule has 0 aromatic heterocycles. The van der Waals surface area contributed by atoms with Crippen molar-refractivity contribution in [3.8, 4) is 0 Å². The third-order valence-electron chi connectivity index (χ3n) is 3.87. The molecule has 0 unspecified atom stereocenters. The number of anilines is 1. The zero-order valence-corrected chi connectivity index (χ0v) is 14.1. The van der Waals surface area contributed by atoms with Crippen LogP contribution in [0, 0.1) is 0 Å². The van der Waals surface area contributed by atoms with Gasteiger partial charge < -0.3 is 15.7 Å². The fourth-order valence-electron chi connectivity index (χ4n) is 2.22. The van der Waals surface area contributed by atoms with Crippen LogP contribution in [-0.4, -0.2) is 22.6 Å². The van der Waals surface area contributed by atoms with E-state index in [4.69, 9.17) is 5.11 Å². The van der Waals surface area contributed by atoms with Gasteiger partial charge in [-0.1, -0.05) is 36.7 Å². The van der Waals surface area contributed by atoms with Crippen molar-refractivity contribution in [1.29, 1.82) is 0 Å². The highest BCUT2D eigenvalue weighted by molar-refractivity contribution is 9.10. The molecule has 0 saturated carbocycles. The molecule has 0 aliphatic carbocycles. The SMILES string of the molecule is CCC(CC)(CC)NC(=O)Nc1cc(Br)ccc1C(=O)O. The number of carbonyl (C=O) groups is 2. The second-order valence-corrected chi connectivity index (χ2v) is 5.83. The van der Waals surface area contributed by atoms with Crippen LogP contribution in [0.4, 0.5) is 10.5 Å². The summed E-state index contributed by atoms with van der Waals surface area (Å²) < 4.78 is 0.704. The van der Waals surface area contributed by atoms with Gasteiger partial charge in [-0.2, -0.15) is 0 Å². The lowest BCUT2D eigenvalue weighted by atomic mass is 9.90. The van der Waals surface area contributed by atoms with Crippen LogP contribution in [-0.2, 0) is 0 Å². The highest BCUT2D eigenvalue weighted by Crippen LogP contribution is 2.23. The molecule has 21 heavy (non-hydrogen) atoms. The van der Waals surface area contributed by atoms with Crippen molar-refractivity contribution in [2.75, 3.05) is 5.32 Å². The summed E-state index contributed by atoms with van der Waals surface area (Å²) in [4.78, 5) is 23.3. The number of hydrogen-bond donors (Lipinski definition) is 3. The predicted molar refractivity (Wildman–Crippen MR) is 86.9 cm³/mol. The smallest absolute Gasteiger partial charge is 0.337 e. The normalized spacial score (nSPS) is 11.0. The van der Waals surface area contributed by atoms with E-state index in [1.165, 1.54) is 6.07 Å². The van der Waals surface area contributed by atoms with Crippen molar-refractivity contribution >= 4 is 33.6 Å². The van der Waals surface area contributed by atoms with Gasteiger partial charge in [-0.05, 0) is 37.5 Å². The molecule has 0 heterocycles. The van der Waals surface area contributed by atoms with Crippen LogP contribution in [0.1, 0.15) is 50.4 Å². The molecule has 1 rings (SSSR count). The Balaban J connectivity index is 2.93. The molecule has 3 N–H and O–H groups in total. The number of carbonyl (C=O) groups excluding carboxylic acids is 1. The van der Waals surface area contributed by atoms with E-state index in [0.29, 0.717) is 4.47 Å². The largest absolute Gasteiger partial charge is 0.478 e. The third kappa shape index (κ3) is 4.46. The van der Waals surface area contributed by atoms with Crippen molar-refractivity contribution in [3.63, 3.8) is 0 Å². The van der Waals surface area contributed by atoms with Gasteiger partial charge in [-0.25, -0.2) is 9.59 Å². The van der Waals surface area contributed by atoms with E-state index in [1.54, 1.807) is 12.1 Å². The third-order valence-corrected chi connectivity index (χ3v) is 4.36. The predicted octanol–water partition coefficient (Wildman–Crippen LogP) is 4.24. The number of benzene rings is 1. The Bertz CT molecular complexity index is 519. The second-order valence-electron chi connectivity index (χ2n) is 4.92. The summed E-state index contributed by atoms with van der Waals surface area (Å²) in [7, 11) is 0. The Hall–Kier alpha value is -1.56. The Morgan fingerprint density at radius 2 is 1.76 bits per heavy atom. The van der Waals surface area contributed by atoms with Crippen LogP contribution >= 0.6 is 15.9 Å². The number of rotatable bonds is 6. The fourth-order valence-corrected chi connectivity index (χ4v) is 2.58. The molecular formula is C15H21BrN2O3. The van der Waals surface area contributed by atoms with Gasteiger partial charge in [-0.3, -0.25) is 0 Å². The highest BCUT2D eigenvalue weighted by atomic mass is 79.9. The van der Waals surface area contributed by atoms with Gasteiger partial charge >= 0.3 is 12.0 Å². The minimum absolute atomic E-state index is 0.0587. The Morgan fingerprint density at radius 3 is 2.24 bits per heavy atom. The number of hydrogen-bond acceptors (Lipinski definition) is 2. The van der Waals surface area contributed by atoms with Crippen molar-refractivity contribution in [2.24, 2.45) is 0 Å². The molecule has 0 aliphatic heterocycles. The zero-order chi connectivity index (χ0) is 16.0. The lowest BCUT2D eigenvalue weighted by Gasteiger charge is -2.31. The van der Waals surface area contributed by atoms with Crippen LogP contribution in [0.3, 0.4) is 0 Å². The molecule has 1 aromatic carbocycles. The van der Waals surface area contributed by atoms with Crippen molar-refractivity contribution in [2.45, 2.75) is 45.6 Å². The number of amides is 2. The summed E-state index contributed by atoms with van der Waals surface area (Å²) in [6.45, 7) is 6.07. The summed E-state index contributed by atoms with van der Waals surface area (Å²) >= 11 is 3.27. The van der Waals surface area contributed by atoms with Gasteiger partial charge in [0, 0.05) is 10.0 Å². The van der Waals surface area contributed by atoms with E-state index in [1.807, 2.05) is 20.8 Å². The molecule has 0 saturated heterocycles. The fraction of sp³-hybridized carbons (Fsp3) is 0.467. The molecule has 2 amide bonds. The molecule has 0 bridgehead atoms. The van der Waals surface area contributed by atoms with Crippen LogP contribution in [0.5, 0.6) is 0 Å². The number of nitrogens with one attached hydrogen (secondary N) is 2. The molecule has 1 aromatic rings. The monoisotopic (exact) mass is 356 g/mol. The minimum Gasteiger partial charge on any atom is -0.478 e. The molecule has 0 atom stereocenters. The lowest BCUT2D eigenvalue weighted by molar-refractivity contribution is 0.0698. The first-order valence-electron chi connectivity index (χ1n) is 6.99. The average molecular weight is 357 g/mol. The molecule has 5 nitrogen and oxygen atoms in total. The number of aromatic carboxylic acids is 1. The molecule has 0 radical (unpaired) electrons. The zero-order valence-electron chi connectivity index (χ0n) is 12.5. The number of halogens is 1. The Kier molecular flexibility index (Phi) is 6.20. The van der Waals surface area contributed by atoms with E-state index in [2.05, 4.69) is 26.6 Å². The van der Waals surface area contributed by atoms with Crippen LogP contribution < -0.4 is 10.6 Å². The van der Waals surface area contributed by atoms with Gasteiger partial charge in [-0.15, -0.1) is 0 Å². The Labute approximate surface area is 133 Å². The van der Waals surface area contributed by atoms with Gasteiger partial charge in [0.25, 0.3) is 0 Å². The Morgan fingerprint density at radius 1 is 1.19 bits per heavy atom. The quantitative estimate of drug-likeness (QED) is 0.713. The van der Waals surface area contributed by atoms with E-state index in [0.717, 1.165) is 19.3 Å². The summed E-state index contributed by atoms with van der Waals surface area (Å²) in [5.41, 5.74) is 0.0643. The van der Waals surface area contributed by atoms with Crippen molar-refractivity contribution in [3.05, 3.63) is 28.2 Å². The van der Waals surface area contributed by atoms with Crippen molar-refractivity contribution < 1.29 is 14.7 Å². The lowest BCUT2D eigenvalue weighted by Crippen LogP contribution is -2.49. The molecule has 0 spiro atoms. The van der Waals surface area contributed by atoms with Crippen LogP contribution in [0.15, 0.2) is 22.7 Å². The molecule has 0 fully saturated rings. The average Bonchev–Trinajstić information content (AvgIpc) is 2.44. The summed E-state index contributed by atoms with van der Waals surface area (Å²) in [6.07, 6.45) is 2.45. The van der Waals surface area contributed by atoms with E-state index < -0.39 is 5.97 Å². The first-order valence-corrected chi connectivity index (χ1v) is 7.78. The molecular weight excluding hydrogens is 336 g/mol. The van der Waals surface area contributed by atoms with E-state index in [9.17, 15) is 9.59 Å². The minimum atomic E-state index is -1.08. The molecule has 0 aliphatic rings. The highest BCUT2D eigenvalue weighted by Gasteiger charge is 2.26. The number of carboxylic acids is 1. The van der Waals surface area contributed by atoms with Crippen molar-refractivity contribution in [1.82, 2.24) is 5.32 Å². The maximum atomic E-state index is 12.2.